The van der Waals surface area contributed by atoms with Gasteiger partial charge in [0.05, 0.1) is 39.6 Å². The van der Waals surface area contributed by atoms with Crippen molar-refractivity contribution in [3.63, 3.8) is 0 Å². The molecule has 3 aliphatic rings. The predicted molar refractivity (Wildman–Crippen MR) is 138 cm³/mol. The quantitative estimate of drug-likeness (QED) is 0.296. The van der Waals surface area contributed by atoms with Gasteiger partial charge >= 0.3 is 0 Å². The molecule has 0 radical (unpaired) electrons. The van der Waals surface area contributed by atoms with Crippen molar-refractivity contribution in [3.8, 4) is 0 Å². The number of morpholine rings is 3. The van der Waals surface area contributed by atoms with Crippen LogP contribution in [0, 0.1) is 0 Å². The first kappa shape index (κ1) is 26.5. The summed E-state index contributed by atoms with van der Waals surface area (Å²) < 4.78 is 26.0. The van der Waals surface area contributed by atoms with Gasteiger partial charge in [0.25, 0.3) is 8.56 Å². The number of allylic oxidation sites excluding steroid dienone is 2. The van der Waals surface area contributed by atoms with Crippen LogP contribution in [0.15, 0.2) is 11.3 Å². The largest absolute Gasteiger partial charge is 0.379 e. The minimum absolute atomic E-state index is 0.0578. The van der Waals surface area contributed by atoms with Crippen LogP contribution in [0.4, 0.5) is 0 Å². The molecule has 6 nitrogen and oxygen atoms in total. The normalized spacial score (nSPS) is 23.4. The van der Waals surface area contributed by atoms with Gasteiger partial charge in [0, 0.05) is 48.8 Å². The van der Waals surface area contributed by atoms with E-state index in [1.54, 1.807) is 5.20 Å². The van der Waals surface area contributed by atoms with Crippen molar-refractivity contribution in [2.75, 3.05) is 78.9 Å². The molecule has 0 aromatic heterocycles. The van der Waals surface area contributed by atoms with Crippen molar-refractivity contribution in [1.82, 2.24) is 13.7 Å². The lowest BCUT2D eigenvalue weighted by Crippen LogP contribution is -2.78. The molecular weight excluding hydrogens is 434 g/mol. The molecule has 0 bridgehead atoms. The summed E-state index contributed by atoms with van der Waals surface area (Å²) in [7, 11) is -1.87. The van der Waals surface area contributed by atoms with Crippen LogP contribution >= 0.6 is 0 Å². The van der Waals surface area contributed by atoms with E-state index < -0.39 is 8.56 Å². The summed E-state index contributed by atoms with van der Waals surface area (Å²) in [6.45, 7) is 16.4. The van der Waals surface area contributed by atoms with Crippen LogP contribution in [0.2, 0.25) is 12.1 Å². The zero-order valence-electron chi connectivity index (χ0n) is 21.0. The second kappa shape index (κ2) is 15.0. The van der Waals surface area contributed by atoms with Crippen LogP contribution in [0.5, 0.6) is 0 Å². The zero-order chi connectivity index (χ0) is 22.5. The summed E-state index contributed by atoms with van der Waals surface area (Å²) in [6, 6.07) is 2.86. The number of hydrogen-bond acceptors (Lipinski definition) is 6. The van der Waals surface area contributed by atoms with Crippen LogP contribution in [0.3, 0.4) is 0 Å². The summed E-state index contributed by atoms with van der Waals surface area (Å²) in [4.78, 5) is 0. The van der Waals surface area contributed by atoms with Crippen molar-refractivity contribution in [3.05, 3.63) is 11.3 Å². The van der Waals surface area contributed by atoms with E-state index in [4.69, 9.17) is 14.2 Å². The fraction of sp³-hybridized carbons (Fsp3) is 0.917. The maximum absolute atomic E-state index is 5.77. The van der Waals surface area contributed by atoms with Gasteiger partial charge in [0.2, 0.25) is 0 Å². The molecule has 3 saturated heterocycles. The van der Waals surface area contributed by atoms with Crippen LogP contribution < -0.4 is 0 Å². The van der Waals surface area contributed by atoms with E-state index in [0.29, 0.717) is 0 Å². The average molecular weight is 484 g/mol. The predicted octanol–water partition coefficient (Wildman–Crippen LogP) is 2.77. The van der Waals surface area contributed by atoms with Crippen molar-refractivity contribution >= 4 is 18.1 Å². The Balaban J connectivity index is 1.54. The van der Waals surface area contributed by atoms with E-state index in [0.717, 1.165) is 78.9 Å². The fourth-order valence-electron chi connectivity index (χ4n) is 5.63. The number of rotatable bonds is 13. The summed E-state index contributed by atoms with van der Waals surface area (Å²) >= 11 is 0. The highest BCUT2D eigenvalue weighted by atomic mass is 28.4. The highest BCUT2D eigenvalue weighted by Gasteiger charge is 2.51. The molecule has 0 aromatic rings. The topological polar surface area (TPSA) is 37.4 Å². The second-order valence-corrected chi connectivity index (χ2v) is 16.0. The van der Waals surface area contributed by atoms with Gasteiger partial charge in [-0.05, 0) is 19.9 Å². The lowest BCUT2D eigenvalue weighted by Gasteiger charge is -2.56. The molecule has 0 aromatic carbocycles. The molecule has 0 aliphatic carbocycles. The van der Waals surface area contributed by atoms with Gasteiger partial charge in [-0.3, -0.25) is 13.7 Å². The third-order valence-electron chi connectivity index (χ3n) is 7.63. The summed E-state index contributed by atoms with van der Waals surface area (Å²) in [5.74, 6) is 0. The number of hydrogen-bond donors (Lipinski definition) is 0. The fourth-order valence-corrected chi connectivity index (χ4v) is 12.7. The molecule has 0 atom stereocenters. The molecule has 0 saturated carbocycles. The Morgan fingerprint density at radius 3 is 1.53 bits per heavy atom. The molecule has 0 unspecified atom stereocenters. The van der Waals surface area contributed by atoms with E-state index in [9.17, 15) is 0 Å². The van der Waals surface area contributed by atoms with Gasteiger partial charge in [0.15, 0.2) is 0 Å². The molecular formula is C24H49N3O3Si2. The molecule has 3 rings (SSSR count). The Hall–Kier alpha value is -0.0662. The molecule has 3 heterocycles. The van der Waals surface area contributed by atoms with Crippen molar-refractivity contribution in [1.29, 1.82) is 0 Å². The molecule has 186 valence electrons. The van der Waals surface area contributed by atoms with E-state index in [1.807, 2.05) is 0 Å². The van der Waals surface area contributed by atoms with E-state index in [2.05, 4.69) is 33.6 Å². The van der Waals surface area contributed by atoms with E-state index >= 15 is 0 Å². The summed E-state index contributed by atoms with van der Waals surface area (Å²) in [5.41, 5.74) is 0. The minimum atomic E-state index is -1.93. The van der Waals surface area contributed by atoms with Crippen molar-refractivity contribution < 1.29 is 14.2 Å². The molecule has 8 heteroatoms. The average Bonchev–Trinajstić information content (AvgIpc) is 2.87. The maximum atomic E-state index is 5.77. The van der Waals surface area contributed by atoms with Crippen LogP contribution in [-0.4, -0.2) is 111 Å². The molecule has 0 spiro atoms. The summed E-state index contributed by atoms with van der Waals surface area (Å²) in [6.07, 6.45) is 10.8. The van der Waals surface area contributed by atoms with Gasteiger partial charge in [0.1, 0.15) is 0 Å². The Morgan fingerprint density at radius 2 is 1.09 bits per heavy atom. The van der Waals surface area contributed by atoms with Gasteiger partial charge in [-0.15, -0.1) is 0 Å². The third-order valence-corrected chi connectivity index (χ3v) is 15.1. The van der Waals surface area contributed by atoms with Crippen LogP contribution in [0.1, 0.15) is 52.4 Å². The van der Waals surface area contributed by atoms with Gasteiger partial charge in [-0.1, -0.05) is 55.8 Å². The molecule has 3 fully saturated rings. The zero-order valence-corrected chi connectivity index (χ0v) is 23.4. The monoisotopic (exact) mass is 483 g/mol. The molecule has 0 amide bonds. The molecule has 0 N–H and O–H groups in total. The first-order valence-electron chi connectivity index (χ1n) is 13.4. The highest BCUT2D eigenvalue weighted by Crippen LogP contribution is 2.30. The summed E-state index contributed by atoms with van der Waals surface area (Å²) in [5, 5.41) is 1.68. The maximum Gasteiger partial charge on any atom is 0.290 e. The number of nitrogens with zero attached hydrogens (tertiary/aromatic N) is 3. The first-order chi connectivity index (χ1) is 15.8. The van der Waals surface area contributed by atoms with Gasteiger partial charge in [-0.25, -0.2) is 0 Å². The van der Waals surface area contributed by atoms with E-state index in [-0.39, 0.29) is 9.52 Å². The standard InChI is InChI=1S/C24H49N3O3Si2/c1-3-24(2)31-22-8-6-4-5-7-9-23-32(25-10-16-28-17-11-25,26-12-18-29-19-13-26)27-14-20-30-21-15-27/h3H,4-23,31H2,1-2H3. The van der Waals surface area contributed by atoms with Gasteiger partial charge in [-0.2, -0.15) is 0 Å². The van der Waals surface area contributed by atoms with Crippen molar-refractivity contribution in [2.24, 2.45) is 0 Å². The van der Waals surface area contributed by atoms with Crippen LogP contribution in [0.25, 0.3) is 0 Å². The molecule has 32 heavy (non-hydrogen) atoms. The first-order valence-corrected chi connectivity index (χ1v) is 17.1. The minimum Gasteiger partial charge on any atom is -0.379 e. The lowest BCUT2D eigenvalue weighted by molar-refractivity contribution is 0.0151. The Kier molecular flexibility index (Phi) is 12.5. The Labute approximate surface area is 200 Å². The Morgan fingerprint density at radius 1 is 0.688 bits per heavy atom. The van der Waals surface area contributed by atoms with Crippen molar-refractivity contribution in [2.45, 2.75) is 64.5 Å². The number of ether oxygens (including phenoxy) is 3. The molecule has 3 aliphatic heterocycles. The van der Waals surface area contributed by atoms with Gasteiger partial charge < -0.3 is 14.2 Å². The Bertz CT molecular complexity index is 489. The van der Waals surface area contributed by atoms with E-state index in [1.165, 1.54) is 50.6 Å². The third kappa shape index (κ3) is 7.73. The SMILES string of the molecule is CC=C(C)[SiH2]CCCCCCCC[Si](N1CCOCC1)(N1CCOCC1)N1CCOCC1. The number of unbranched alkanes of at least 4 members (excludes halogenated alkanes) is 5. The lowest BCUT2D eigenvalue weighted by atomic mass is 10.1. The highest BCUT2D eigenvalue weighted by molar-refractivity contribution is 6.71. The van der Waals surface area contributed by atoms with Crippen LogP contribution in [-0.2, 0) is 14.2 Å². The smallest absolute Gasteiger partial charge is 0.290 e. The second-order valence-electron chi connectivity index (χ2n) is 9.68.